The van der Waals surface area contributed by atoms with Gasteiger partial charge in [-0.25, -0.2) is 4.39 Å². The van der Waals surface area contributed by atoms with Crippen LogP contribution in [0, 0.1) is 19.7 Å². The molecule has 0 atom stereocenters. The van der Waals surface area contributed by atoms with Crippen LogP contribution in [0.1, 0.15) is 32.9 Å². The lowest BCUT2D eigenvalue weighted by molar-refractivity contribution is 0.0941. The van der Waals surface area contributed by atoms with Gasteiger partial charge in [-0.3, -0.25) is 9.78 Å². The zero-order chi connectivity index (χ0) is 17.8. The van der Waals surface area contributed by atoms with Crippen molar-refractivity contribution in [1.29, 1.82) is 0 Å². The number of rotatable bonds is 5. The topological polar surface area (TPSA) is 46.9 Å². The third-order valence-electron chi connectivity index (χ3n) is 4.14. The van der Waals surface area contributed by atoms with Crippen molar-refractivity contribution in [2.24, 2.45) is 0 Å². The van der Waals surface area contributed by atoms with Gasteiger partial charge in [-0.15, -0.1) is 0 Å². The van der Waals surface area contributed by atoms with Crippen LogP contribution in [0.25, 0.3) is 0 Å². The largest absolute Gasteiger partial charge is 0.347 e. The van der Waals surface area contributed by atoms with Crippen molar-refractivity contribution in [2.75, 3.05) is 0 Å². The van der Waals surface area contributed by atoms with Crippen molar-refractivity contribution in [3.63, 3.8) is 0 Å². The molecule has 0 radical (unpaired) electrons. The van der Waals surface area contributed by atoms with Gasteiger partial charge in [-0.2, -0.15) is 0 Å². The summed E-state index contributed by atoms with van der Waals surface area (Å²) in [5.74, 6) is -0.415. The predicted molar refractivity (Wildman–Crippen MR) is 94.8 cm³/mol. The van der Waals surface area contributed by atoms with E-state index in [0.717, 1.165) is 22.4 Å². The van der Waals surface area contributed by atoms with Crippen LogP contribution in [-0.2, 0) is 13.1 Å². The molecule has 25 heavy (non-hydrogen) atoms. The first-order chi connectivity index (χ1) is 12.0. The number of pyridine rings is 1. The number of aryl methyl sites for hydroxylation is 2. The van der Waals surface area contributed by atoms with Gasteiger partial charge in [0.15, 0.2) is 0 Å². The highest BCUT2D eigenvalue weighted by atomic mass is 19.1. The van der Waals surface area contributed by atoms with Gasteiger partial charge in [-0.1, -0.05) is 12.1 Å². The van der Waals surface area contributed by atoms with Crippen molar-refractivity contribution in [3.05, 3.63) is 88.8 Å². The minimum atomic E-state index is -0.275. The van der Waals surface area contributed by atoms with Crippen molar-refractivity contribution in [1.82, 2.24) is 14.9 Å². The Balaban J connectivity index is 1.82. The second kappa shape index (κ2) is 7.30. The molecule has 3 rings (SSSR count). The Kier molecular flexibility index (Phi) is 4.93. The molecule has 1 aromatic carbocycles. The molecule has 128 valence electrons. The van der Waals surface area contributed by atoms with Crippen LogP contribution >= 0.6 is 0 Å². The van der Waals surface area contributed by atoms with Gasteiger partial charge in [0.1, 0.15) is 11.5 Å². The highest BCUT2D eigenvalue weighted by Crippen LogP contribution is 2.18. The van der Waals surface area contributed by atoms with Gasteiger partial charge in [0.2, 0.25) is 0 Å². The van der Waals surface area contributed by atoms with E-state index in [4.69, 9.17) is 0 Å². The molecule has 3 aromatic rings. The van der Waals surface area contributed by atoms with E-state index >= 15 is 0 Å². The quantitative estimate of drug-likeness (QED) is 0.773. The molecule has 1 amide bonds. The number of benzene rings is 1. The first-order valence-electron chi connectivity index (χ1n) is 8.13. The molecule has 0 saturated carbocycles. The third kappa shape index (κ3) is 3.94. The Morgan fingerprint density at radius 3 is 2.60 bits per heavy atom. The van der Waals surface area contributed by atoms with Crippen molar-refractivity contribution < 1.29 is 9.18 Å². The van der Waals surface area contributed by atoms with Gasteiger partial charge in [-0.05, 0) is 60.9 Å². The zero-order valence-corrected chi connectivity index (χ0v) is 14.3. The molecule has 2 aromatic heterocycles. The van der Waals surface area contributed by atoms with Crippen LogP contribution in [0.2, 0.25) is 0 Å². The van der Waals surface area contributed by atoms with E-state index in [9.17, 15) is 9.18 Å². The van der Waals surface area contributed by atoms with E-state index in [-0.39, 0.29) is 11.7 Å². The smallest absolute Gasteiger partial charge is 0.268 e. The highest BCUT2D eigenvalue weighted by molar-refractivity contribution is 5.94. The summed E-state index contributed by atoms with van der Waals surface area (Å²) in [4.78, 5) is 16.7. The molecule has 0 saturated heterocycles. The molecule has 0 bridgehead atoms. The Morgan fingerprint density at radius 2 is 1.88 bits per heavy atom. The summed E-state index contributed by atoms with van der Waals surface area (Å²) < 4.78 is 15.4. The fourth-order valence-corrected chi connectivity index (χ4v) is 2.94. The summed E-state index contributed by atoms with van der Waals surface area (Å²) in [6, 6.07) is 12.2. The molecule has 0 unspecified atom stereocenters. The Labute approximate surface area is 146 Å². The van der Waals surface area contributed by atoms with Gasteiger partial charge in [0, 0.05) is 31.2 Å². The number of hydrogen-bond acceptors (Lipinski definition) is 2. The maximum absolute atomic E-state index is 13.4. The zero-order valence-electron chi connectivity index (χ0n) is 14.3. The summed E-state index contributed by atoms with van der Waals surface area (Å²) in [6.07, 6.45) is 3.40. The number of halogens is 1. The number of aromatic nitrogens is 2. The molecule has 0 aliphatic rings. The number of amides is 1. The van der Waals surface area contributed by atoms with E-state index in [1.807, 2.05) is 42.7 Å². The summed E-state index contributed by atoms with van der Waals surface area (Å²) in [7, 11) is 0. The fraction of sp³-hybridized carbons (Fsp3) is 0.200. The van der Waals surface area contributed by atoms with Gasteiger partial charge < -0.3 is 9.88 Å². The van der Waals surface area contributed by atoms with Gasteiger partial charge >= 0.3 is 0 Å². The maximum Gasteiger partial charge on any atom is 0.268 e. The normalized spacial score (nSPS) is 10.7. The second-order valence-electron chi connectivity index (χ2n) is 6.07. The lowest BCUT2D eigenvalue weighted by Crippen LogP contribution is -2.26. The Hall–Kier alpha value is -2.95. The number of carbonyl (C=O) groups excluding carboxylic acids is 1. The number of hydrogen-bond donors (Lipinski definition) is 1. The third-order valence-corrected chi connectivity index (χ3v) is 4.14. The lowest BCUT2D eigenvalue weighted by atomic mass is 10.2. The van der Waals surface area contributed by atoms with Crippen molar-refractivity contribution >= 4 is 5.91 Å². The molecule has 0 fully saturated rings. The highest BCUT2D eigenvalue weighted by Gasteiger charge is 2.17. The molecular formula is C20H20FN3O. The minimum Gasteiger partial charge on any atom is -0.347 e. The maximum atomic E-state index is 13.4. The van der Waals surface area contributed by atoms with Crippen LogP contribution in [0.5, 0.6) is 0 Å². The summed E-state index contributed by atoms with van der Waals surface area (Å²) in [5.41, 5.74) is 4.29. The number of nitrogens with zero attached hydrogens (tertiary/aromatic N) is 2. The average molecular weight is 337 g/mol. The van der Waals surface area contributed by atoms with Crippen molar-refractivity contribution in [3.8, 4) is 0 Å². The molecule has 0 aliphatic heterocycles. The number of carbonyl (C=O) groups is 1. The summed E-state index contributed by atoms with van der Waals surface area (Å²) in [6.45, 7) is 4.75. The summed E-state index contributed by atoms with van der Waals surface area (Å²) in [5, 5.41) is 2.95. The monoisotopic (exact) mass is 337 g/mol. The van der Waals surface area contributed by atoms with Gasteiger partial charge in [0.25, 0.3) is 5.91 Å². The first-order valence-corrected chi connectivity index (χ1v) is 8.13. The molecule has 5 heteroatoms. The van der Waals surface area contributed by atoms with E-state index < -0.39 is 0 Å². The van der Waals surface area contributed by atoms with Gasteiger partial charge in [0.05, 0.1) is 0 Å². The van der Waals surface area contributed by atoms with Crippen LogP contribution in [0.3, 0.4) is 0 Å². The van der Waals surface area contributed by atoms with E-state index in [1.54, 1.807) is 18.5 Å². The Morgan fingerprint density at radius 1 is 1.12 bits per heavy atom. The molecule has 1 N–H and O–H groups in total. The molecule has 4 nitrogen and oxygen atoms in total. The molecule has 0 spiro atoms. The average Bonchev–Trinajstić information content (AvgIpc) is 2.87. The number of nitrogens with one attached hydrogen (secondary N) is 1. The van der Waals surface area contributed by atoms with Crippen LogP contribution < -0.4 is 5.32 Å². The fourth-order valence-electron chi connectivity index (χ4n) is 2.94. The molecular weight excluding hydrogens is 317 g/mol. The van der Waals surface area contributed by atoms with Crippen molar-refractivity contribution in [2.45, 2.75) is 26.9 Å². The molecule has 2 heterocycles. The SMILES string of the molecule is Cc1cc(C)n(Cc2cccc(F)c2)c1C(=O)NCc1ccncc1. The van der Waals surface area contributed by atoms with Crippen LogP contribution in [0.15, 0.2) is 54.9 Å². The second-order valence-corrected chi connectivity index (χ2v) is 6.07. The minimum absolute atomic E-state index is 0.140. The van der Waals surface area contributed by atoms with E-state index in [1.165, 1.54) is 12.1 Å². The van der Waals surface area contributed by atoms with E-state index in [0.29, 0.717) is 18.8 Å². The standard InChI is InChI=1S/C20H20FN3O/c1-14-10-15(2)24(13-17-4-3-5-18(21)11-17)19(14)20(25)23-12-16-6-8-22-9-7-16/h3-11H,12-13H2,1-2H3,(H,23,25). The first kappa shape index (κ1) is 16.9. The summed E-state index contributed by atoms with van der Waals surface area (Å²) >= 11 is 0. The Bertz CT molecular complexity index is 887. The molecule has 0 aliphatic carbocycles. The van der Waals surface area contributed by atoms with Crippen LogP contribution in [-0.4, -0.2) is 15.5 Å². The van der Waals surface area contributed by atoms with E-state index in [2.05, 4.69) is 10.3 Å². The lowest BCUT2D eigenvalue weighted by Gasteiger charge is -2.13. The predicted octanol–water partition coefficient (Wildman–Crippen LogP) is 3.62. The van der Waals surface area contributed by atoms with Crippen LogP contribution in [0.4, 0.5) is 4.39 Å².